The molecule has 0 aliphatic heterocycles. The summed E-state index contributed by atoms with van der Waals surface area (Å²) in [5.74, 6) is 0.754. The molecule has 0 bridgehead atoms. The lowest BCUT2D eigenvalue weighted by Crippen LogP contribution is -2.19. The van der Waals surface area contributed by atoms with E-state index < -0.39 is 0 Å². The predicted molar refractivity (Wildman–Crippen MR) is 65.1 cm³/mol. The van der Waals surface area contributed by atoms with Crippen LogP contribution in [0, 0.1) is 0 Å². The topological polar surface area (TPSA) is 60.2 Å². The number of ether oxygens (including phenoxy) is 1. The van der Waals surface area contributed by atoms with Crippen LogP contribution in [0.5, 0.6) is 0 Å². The second kappa shape index (κ2) is 5.63. The molecular formula is C10H15N3OS. The minimum atomic E-state index is 0.139. The van der Waals surface area contributed by atoms with E-state index in [2.05, 4.69) is 10.3 Å². The molecule has 0 radical (unpaired) electrons. The van der Waals surface area contributed by atoms with Crippen molar-refractivity contribution in [3.05, 3.63) is 23.9 Å². The van der Waals surface area contributed by atoms with Gasteiger partial charge in [-0.1, -0.05) is 18.3 Å². The highest BCUT2D eigenvalue weighted by Crippen LogP contribution is 2.05. The molecule has 1 aromatic rings. The average molecular weight is 225 g/mol. The van der Waals surface area contributed by atoms with Crippen LogP contribution in [-0.2, 0) is 4.74 Å². The summed E-state index contributed by atoms with van der Waals surface area (Å²) in [6.07, 6.45) is 0.139. The average Bonchev–Trinajstić information content (AvgIpc) is 2.26. The molecule has 0 aliphatic carbocycles. The van der Waals surface area contributed by atoms with Crippen LogP contribution < -0.4 is 11.1 Å². The molecule has 0 saturated heterocycles. The molecule has 1 aromatic heterocycles. The Morgan fingerprint density at radius 1 is 1.67 bits per heavy atom. The zero-order valence-corrected chi connectivity index (χ0v) is 9.67. The maximum Gasteiger partial charge on any atom is 0.126 e. The summed E-state index contributed by atoms with van der Waals surface area (Å²) in [6.45, 7) is 2.68. The van der Waals surface area contributed by atoms with Gasteiger partial charge in [0.2, 0.25) is 0 Å². The maximum atomic E-state index is 5.48. The van der Waals surface area contributed by atoms with Crippen LogP contribution in [-0.4, -0.2) is 29.7 Å². The Hall–Kier alpha value is -1.20. The molecule has 1 rings (SSSR count). The molecule has 1 heterocycles. The molecule has 0 fully saturated rings. The van der Waals surface area contributed by atoms with E-state index in [1.54, 1.807) is 13.2 Å². The fraction of sp³-hybridized carbons (Fsp3) is 0.400. The van der Waals surface area contributed by atoms with Crippen molar-refractivity contribution < 1.29 is 4.74 Å². The predicted octanol–water partition coefficient (Wildman–Crippen LogP) is 1.16. The van der Waals surface area contributed by atoms with Gasteiger partial charge in [0, 0.05) is 13.7 Å². The molecule has 82 valence electrons. The third-order valence-electron chi connectivity index (χ3n) is 1.97. The highest BCUT2D eigenvalue weighted by molar-refractivity contribution is 7.80. The molecule has 0 aromatic carbocycles. The van der Waals surface area contributed by atoms with E-state index >= 15 is 0 Å². The van der Waals surface area contributed by atoms with Crippen LogP contribution >= 0.6 is 12.2 Å². The zero-order chi connectivity index (χ0) is 11.3. The van der Waals surface area contributed by atoms with Crippen LogP contribution in [0.4, 0.5) is 5.82 Å². The van der Waals surface area contributed by atoms with E-state index in [-0.39, 0.29) is 6.10 Å². The number of hydrogen-bond acceptors (Lipinski definition) is 4. The smallest absolute Gasteiger partial charge is 0.126 e. The first-order chi connectivity index (χ1) is 7.13. The molecule has 0 saturated carbocycles. The van der Waals surface area contributed by atoms with Gasteiger partial charge in [0.25, 0.3) is 0 Å². The van der Waals surface area contributed by atoms with E-state index in [0.29, 0.717) is 17.2 Å². The van der Waals surface area contributed by atoms with Crippen molar-refractivity contribution in [2.75, 3.05) is 19.0 Å². The van der Waals surface area contributed by atoms with Crippen molar-refractivity contribution in [2.24, 2.45) is 5.73 Å². The summed E-state index contributed by atoms with van der Waals surface area (Å²) in [7, 11) is 1.67. The van der Waals surface area contributed by atoms with Gasteiger partial charge in [-0.25, -0.2) is 4.98 Å². The van der Waals surface area contributed by atoms with Gasteiger partial charge in [-0.2, -0.15) is 0 Å². The Morgan fingerprint density at radius 3 is 3.00 bits per heavy atom. The number of anilines is 1. The molecule has 0 spiro atoms. The molecular weight excluding hydrogens is 210 g/mol. The minimum Gasteiger partial charge on any atom is -0.388 e. The number of thiocarbonyl (C=S) groups is 1. The summed E-state index contributed by atoms with van der Waals surface area (Å²) in [4.78, 5) is 4.55. The van der Waals surface area contributed by atoms with Gasteiger partial charge in [-0.3, -0.25) is 0 Å². The third kappa shape index (κ3) is 3.81. The fourth-order valence-corrected chi connectivity index (χ4v) is 1.12. The fourth-order valence-electron chi connectivity index (χ4n) is 1.00. The number of pyridine rings is 1. The molecule has 0 aliphatic rings. The van der Waals surface area contributed by atoms with Crippen molar-refractivity contribution in [2.45, 2.75) is 13.0 Å². The van der Waals surface area contributed by atoms with Gasteiger partial charge < -0.3 is 15.8 Å². The summed E-state index contributed by atoms with van der Waals surface area (Å²) >= 11 is 4.84. The van der Waals surface area contributed by atoms with Gasteiger partial charge in [-0.05, 0) is 19.1 Å². The normalized spacial score (nSPS) is 12.1. The summed E-state index contributed by atoms with van der Waals surface area (Å²) in [6, 6.07) is 5.51. The number of hydrogen-bond donors (Lipinski definition) is 2. The lowest BCUT2D eigenvalue weighted by atomic mass is 10.3. The Bertz CT molecular complexity index is 343. The van der Waals surface area contributed by atoms with Crippen LogP contribution in [0.15, 0.2) is 18.2 Å². The first-order valence-corrected chi connectivity index (χ1v) is 5.08. The van der Waals surface area contributed by atoms with Crippen LogP contribution in [0.3, 0.4) is 0 Å². The Morgan fingerprint density at radius 2 is 2.40 bits per heavy atom. The van der Waals surface area contributed by atoms with Gasteiger partial charge in [0.05, 0.1) is 11.8 Å². The number of nitrogens with one attached hydrogen (secondary N) is 1. The van der Waals surface area contributed by atoms with Crippen molar-refractivity contribution in [1.29, 1.82) is 0 Å². The second-order valence-corrected chi connectivity index (χ2v) is 3.64. The lowest BCUT2D eigenvalue weighted by Gasteiger charge is -2.11. The number of nitrogens with zero attached hydrogens (tertiary/aromatic N) is 1. The quantitative estimate of drug-likeness (QED) is 0.736. The van der Waals surface area contributed by atoms with Crippen LogP contribution in [0.2, 0.25) is 0 Å². The molecule has 0 amide bonds. The van der Waals surface area contributed by atoms with Gasteiger partial charge in [-0.15, -0.1) is 0 Å². The number of rotatable bonds is 5. The Labute approximate surface area is 94.8 Å². The molecule has 1 atom stereocenters. The van der Waals surface area contributed by atoms with Crippen molar-refractivity contribution in [3.63, 3.8) is 0 Å². The van der Waals surface area contributed by atoms with E-state index in [9.17, 15) is 0 Å². The standard InChI is InChI=1S/C10H15N3OS/c1-7(14-2)6-12-9-5-3-4-8(13-9)10(11)15/h3-5,7H,6H2,1-2H3,(H2,11,15)(H,12,13). The van der Waals surface area contributed by atoms with Gasteiger partial charge >= 0.3 is 0 Å². The summed E-state index contributed by atoms with van der Waals surface area (Å²) in [5.41, 5.74) is 6.11. The first kappa shape index (κ1) is 11.9. The maximum absolute atomic E-state index is 5.48. The van der Waals surface area contributed by atoms with E-state index in [0.717, 1.165) is 5.82 Å². The van der Waals surface area contributed by atoms with Crippen LogP contribution in [0.25, 0.3) is 0 Å². The highest BCUT2D eigenvalue weighted by atomic mass is 32.1. The van der Waals surface area contributed by atoms with E-state index in [4.69, 9.17) is 22.7 Å². The largest absolute Gasteiger partial charge is 0.388 e. The lowest BCUT2D eigenvalue weighted by molar-refractivity contribution is 0.128. The molecule has 15 heavy (non-hydrogen) atoms. The molecule has 3 N–H and O–H groups in total. The van der Waals surface area contributed by atoms with Gasteiger partial charge in [0.15, 0.2) is 0 Å². The molecule has 1 unspecified atom stereocenters. The van der Waals surface area contributed by atoms with Crippen LogP contribution in [0.1, 0.15) is 12.6 Å². The van der Waals surface area contributed by atoms with Crippen molar-refractivity contribution in [1.82, 2.24) is 4.98 Å². The third-order valence-corrected chi connectivity index (χ3v) is 2.18. The van der Waals surface area contributed by atoms with E-state index in [1.165, 1.54) is 0 Å². The molecule has 4 nitrogen and oxygen atoms in total. The zero-order valence-electron chi connectivity index (χ0n) is 8.86. The summed E-state index contributed by atoms with van der Waals surface area (Å²) < 4.78 is 5.11. The van der Waals surface area contributed by atoms with Gasteiger partial charge in [0.1, 0.15) is 10.8 Å². The monoisotopic (exact) mass is 225 g/mol. The Balaban J connectivity index is 2.62. The molecule has 5 heteroatoms. The van der Waals surface area contributed by atoms with E-state index in [1.807, 2.05) is 19.1 Å². The second-order valence-electron chi connectivity index (χ2n) is 3.20. The summed E-state index contributed by atoms with van der Waals surface area (Å²) in [5, 5.41) is 3.14. The minimum absolute atomic E-state index is 0.139. The number of nitrogens with two attached hydrogens (primary N) is 1. The SMILES string of the molecule is COC(C)CNc1cccc(C(N)=S)n1. The van der Waals surface area contributed by atoms with Crippen molar-refractivity contribution in [3.8, 4) is 0 Å². The first-order valence-electron chi connectivity index (χ1n) is 4.67. The van der Waals surface area contributed by atoms with Crippen molar-refractivity contribution >= 4 is 23.0 Å². The Kier molecular flexibility index (Phi) is 4.45. The highest BCUT2D eigenvalue weighted by Gasteiger charge is 2.02. The number of aromatic nitrogens is 1. The number of methoxy groups -OCH3 is 1.